The molecule has 5 rings (SSSR count). The summed E-state index contributed by atoms with van der Waals surface area (Å²) in [4.78, 5) is 22.1. The molecule has 0 radical (unpaired) electrons. The molecule has 0 N–H and O–H groups in total. The molecule has 150 valence electrons. The van der Waals surface area contributed by atoms with Gasteiger partial charge in [0.1, 0.15) is 0 Å². The van der Waals surface area contributed by atoms with Crippen LogP contribution >= 0.6 is 23.4 Å². The number of ketones is 1. The van der Waals surface area contributed by atoms with E-state index in [1.165, 1.54) is 22.9 Å². The molecule has 0 amide bonds. The molecular formula is C23H19ClN4OS. The molecule has 2 aromatic heterocycles. The molecule has 7 heteroatoms. The number of nitrogens with zero attached hydrogens (tertiary/aromatic N) is 4. The van der Waals surface area contributed by atoms with Crippen LogP contribution in [0.5, 0.6) is 0 Å². The first-order valence-electron chi connectivity index (χ1n) is 9.79. The van der Waals surface area contributed by atoms with Crippen molar-refractivity contribution in [1.82, 2.24) is 19.6 Å². The second kappa shape index (κ2) is 7.85. The number of aromatic nitrogens is 4. The lowest BCUT2D eigenvalue weighted by Crippen LogP contribution is -2.21. The maximum absolute atomic E-state index is 12.8. The molecule has 0 fully saturated rings. The summed E-state index contributed by atoms with van der Waals surface area (Å²) in [6, 6.07) is 16.1. The van der Waals surface area contributed by atoms with Crippen molar-refractivity contribution in [2.75, 3.05) is 0 Å². The molecule has 0 aliphatic heterocycles. The first-order valence-corrected chi connectivity index (χ1v) is 11.2. The van der Waals surface area contributed by atoms with Crippen molar-refractivity contribution >= 4 is 34.9 Å². The van der Waals surface area contributed by atoms with E-state index in [2.05, 4.69) is 40.2 Å². The van der Waals surface area contributed by atoms with Crippen molar-refractivity contribution in [3.05, 3.63) is 87.7 Å². The van der Waals surface area contributed by atoms with Gasteiger partial charge in [-0.2, -0.15) is 4.98 Å². The Morgan fingerprint density at radius 1 is 1.13 bits per heavy atom. The third kappa shape index (κ3) is 3.73. The molecule has 30 heavy (non-hydrogen) atoms. The molecule has 4 aromatic rings. The topological polar surface area (TPSA) is 60.2 Å². The van der Waals surface area contributed by atoms with Crippen LogP contribution in [0.25, 0.3) is 5.78 Å². The SMILES string of the molecule is Cc1cccc(C2CC(=O)c3cn4nc(SCc5ccccc5Cl)nc4nc3C2)c1. The molecule has 1 aliphatic carbocycles. The normalized spacial score (nSPS) is 16.1. The van der Waals surface area contributed by atoms with Crippen molar-refractivity contribution in [3.63, 3.8) is 0 Å². The lowest BCUT2D eigenvalue weighted by Gasteiger charge is -2.23. The molecule has 0 spiro atoms. The van der Waals surface area contributed by atoms with E-state index in [0.29, 0.717) is 28.7 Å². The fourth-order valence-electron chi connectivity index (χ4n) is 3.84. The molecule has 1 atom stereocenters. The van der Waals surface area contributed by atoms with Gasteiger partial charge in [-0.25, -0.2) is 9.50 Å². The quantitative estimate of drug-likeness (QED) is 0.408. The Balaban J connectivity index is 1.42. The van der Waals surface area contributed by atoms with Gasteiger partial charge >= 0.3 is 0 Å². The number of rotatable bonds is 4. The molecule has 5 nitrogen and oxygen atoms in total. The van der Waals surface area contributed by atoms with Crippen LogP contribution in [0.4, 0.5) is 0 Å². The largest absolute Gasteiger partial charge is 0.294 e. The third-order valence-corrected chi connectivity index (χ3v) is 6.65. The second-order valence-corrected chi connectivity index (χ2v) is 8.91. The number of halogens is 1. The first-order chi connectivity index (χ1) is 14.6. The highest BCUT2D eigenvalue weighted by molar-refractivity contribution is 7.98. The first kappa shape index (κ1) is 19.3. The maximum atomic E-state index is 12.8. The van der Waals surface area contributed by atoms with Gasteiger partial charge in [-0.1, -0.05) is 71.4 Å². The standard InChI is InChI=1S/C23H19ClN4OS/c1-14-5-4-7-15(9-14)17-10-20-18(21(29)11-17)12-28-22(25-20)26-23(27-28)30-13-16-6-2-3-8-19(16)24/h2-9,12,17H,10-11,13H2,1H3. The highest BCUT2D eigenvalue weighted by Crippen LogP contribution is 2.32. The number of fused-ring (bicyclic) bond motifs is 2. The Labute approximate surface area is 183 Å². The zero-order chi connectivity index (χ0) is 20.7. The number of carbonyl (C=O) groups excluding carboxylic acids is 1. The van der Waals surface area contributed by atoms with E-state index >= 15 is 0 Å². The Kier molecular flexibility index (Phi) is 5.05. The molecule has 0 saturated carbocycles. The highest BCUT2D eigenvalue weighted by atomic mass is 35.5. The number of benzene rings is 2. The minimum Gasteiger partial charge on any atom is -0.294 e. The summed E-state index contributed by atoms with van der Waals surface area (Å²) < 4.78 is 1.61. The van der Waals surface area contributed by atoms with Crippen LogP contribution in [0, 0.1) is 6.92 Å². The predicted octanol–water partition coefficient (Wildman–Crippen LogP) is 5.29. The summed E-state index contributed by atoms with van der Waals surface area (Å²) in [6.07, 6.45) is 3.00. The van der Waals surface area contributed by atoms with Crippen molar-refractivity contribution in [3.8, 4) is 0 Å². The lowest BCUT2D eigenvalue weighted by atomic mass is 9.82. The van der Waals surface area contributed by atoms with E-state index in [0.717, 1.165) is 22.7 Å². The number of aryl methyl sites for hydroxylation is 1. The number of thioether (sulfide) groups is 1. The molecule has 0 bridgehead atoms. The van der Waals surface area contributed by atoms with Crippen molar-refractivity contribution < 1.29 is 4.79 Å². The molecule has 1 aliphatic rings. The van der Waals surface area contributed by atoms with Gasteiger partial charge in [-0.15, -0.1) is 5.10 Å². The number of Topliss-reactive ketones (excluding diaryl/α,β-unsaturated/α-hetero) is 1. The smallest absolute Gasteiger partial charge is 0.253 e. The molecule has 2 heterocycles. The summed E-state index contributed by atoms with van der Waals surface area (Å²) in [5.74, 6) is 1.45. The highest BCUT2D eigenvalue weighted by Gasteiger charge is 2.28. The van der Waals surface area contributed by atoms with Gasteiger partial charge in [-0.3, -0.25) is 4.79 Å². The molecule has 2 aromatic carbocycles. The van der Waals surface area contributed by atoms with E-state index in [1.54, 1.807) is 10.7 Å². The van der Waals surface area contributed by atoms with Crippen LogP contribution in [0.15, 0.2) is 59.9 Å². The van der Waals surface area contributed by atoms with Gasteiger partial charge in [0, 0.05) is 23.4 Å². The Bertz CT molecular complexity index is 1270. The minimum atomic E-state index is 0.109. The molecular weight excluding hydrogens is 416 g/mol. The van der Waals surface area contributed by atoms with Crippen LogP contribution in [0.1, 0.15) is 45.1 Å². The maximum Gasteiger partial charge on any atom is 0.253 e. The summed E-state index contributed by atoms with van der Waals surface area (Å²) in [5, 5.41) is 5.85. The van der Waals surface area contributed by atoms with Crippen LogP contribution in [-0.2, 0) is 12.2 Å². The van der Waals surface area contributed by atoms with Crippen LogP contribution < -0.4 is 0 Å². The van der Waals surface area contributed by atoms with Crippen LogP contribution in [-0.4, -0.2) is 25.4 Å². The van der Waals surface area contributed by atoms with Gasteiger partial charge < -0.3 is 0 Å². The van der Waals surface area contributed by atoms with E-state index in [9.17, 15) is 4.79 Å². The van der Waals surface area contributed by atoms with Crippen molar-refractivity contribution in [2.24, 2.45) is 0 Å². The fraction of sp³-hybridized carbons (Fsp3) is 0.217. The van der Waals surface area contributed by atoms with E-state index in [-0.39, 0.29) is 11.7 Å². The number of carbonyl (C=O) groups is 1. The molecule has 1 unspecified atom stereocenters. The van der Waals surface area contributed by atoms with Crippen molar-refractivity contribution in [1.29, 1.82) is 0 Å². The summed E-state index contributed by atoms with van der Waals surface area (Å²) in [5.41, 5.74) is 4.88. The second-order valence-electron chi connectivity index (χ2n) is 7.56. The summed E-state index contributed by atoms with van der Waals surface area (Å²) in [7, 11) is 0. The predicted molar refractivity (Wildman–Crippen MR) is 118 cm³/mol. The third-order valence-electron chi connectivity index (χ3n) is 5.39. The minimum absolute atomic E-state index is 0.109. The van der Waals surface area contributed by atoms with Gasteiger partial charge in [0.05, 0.1) is 11.3 Å². The fourth-order valence-corrected chi connectivity index (χ4v) is 4.95. The Hall–Kier alpha value is -2.70. The van der Waals surface area contributed by atoms with E-state index in [1.807, 2.05) is 30.3 Å². The summed E-state index contributed by atoms with van der Waals surface area (Å²) in [6.45, 7) is 2.07. The van der Waals surface area contributed by atoms with E-state index < -0.39 is 0 Å². The average molecular weight is 435 g/mol. The van der Waals surface area contributed by atoms with Gasteiger partial charge in [0.2, 0.25) is 5.16 Å². The zero-order valence-corrected chi connectivity index (χ0v) is 18.0. The monoisotopic (exact) mass is 434 g/mol. The Morgan fingerprint density at radius 2 is 2.00 bits per heavy atom. The number of hydrogen-bond acceptors (Lipinski definition) is 5. The zero-order valence-electron chi connectivity index (χ0n) is 16.4. The van der Waals surface area contributed by atoms with Gasteiger partial charge in [0.15, 0.2) is 5.78 Å². The lowest BCUT2D eigenvalue weighted by molar-refractivity contribution is 0.0962. The van der Waals surface area contributed by atoms with Crippen LogP contribution in [0.2, 0.25) is 5.02 Å². The van der Waals surface area contributed by atoms with Gasteiger partial charge in [0.25, 0.3) is 5.78 Å². The van der Waals surface area contributed by atoms with Gasteiger partial charge in [-0.05, 0) is 36.5 Å². The van der Waals surface area contributed by atoms with E-state index in [4.69, 9.17) is 11.6 Å². The number of hydrogen-bond donors (Lipinski definition) is 0. The van der Waals surface area contributed by atoms with Crippen LogP contribution in [0.3, 0.4) is 0 Å². The molecule has 0 saturated heterocycles. The Morgan fingerprint density at radius 3 is 2.83 bits per heavy atom. The average Bonchev–Trinajstić information content (AvgIpc) is 3.13. The van der Waals surface area contributed by atoms with Crippen molar-refractivity contribution in [2.45, 2.75) is 36.6 Å². The summed E-state index contributed by atoms with van der Waals surface area (Å²) >= 11 is 7.74.